The number of halogens is 1. The molecule has 3 aromatic rings. The van der Waals surface area contributed by atoms with Crippen LogP contribution in [0.4, 0.5) is 0 Å². The second-order valence-corrected chi connectivity index (χ2v) is 8.99. The molecule has 30 heavy (non-hydrogen) atoms. The quantitative estimate of drug-likeness (QED) is 0.560. The number of fused-ring (bicyclic) bond motifs is 1. The average Bonchev–Trinajstić information content (AvgIpc) is 3.36. The van der Waals surface area contributed by atoms with E-state index >= 15 is 0 Å². The lowest BCUT2D eigenvalue weighted by Crippen LogP contribution is -2.41. The van der Waals surface area contributed by atoms with E-state index in [9.17, 15) is 9.59 Å². The molecule has 2 heterocycles. The lowest BCUT2D eigenvalue weighted by atomic mass is 9.99. The molecule has 0 fully saturated rings. The molecule has 6 heteroatoms. The maximum Gasteiger partial charge on any atom is 0.255 e. The van der Waals surface area contributed by atoms with Crippen molar-refractivity contribution in [2.24, 2.45) is 0 Å². The Hall–Kier alpha value is -2.63. The van der Waals surface area contributed by atoms with Crippen molar-refractivity contribution in [1.82, 2.24) is 10.2 Å². The highest BCUT2D eigenvalue weighted by molar-refractivity contribution is 7.09. The summed E-state index contributed by atoms with van der Waals surface area (Å²) < 4.78 is 0. The van der Waals surface area contributed by atoms with E-state index < -0.39 is 6.04 Å². The molecule has 4 rings (SSSR count). The third-order valence-electron chi connectivity index (χ3n) is 5.47. The lowest BCUT2D eigenvalue weighted by molar-refractivity contribution is -0.125. The van der Waals surface area contributed by atoms with Crippen LogP contribution in [0.3, 0.4) is 0 Å². The molecule has 0 aliphatic carbocycles. The van der Waals surface area contributed by atoms with E-state index in [4.69, 9.17) is 11.6 Å². The fourth-order valence-electron chi connectivity index (χ4n) is 3.89. The average molecular weight is 439 g/mol. The number of amides is 2. The van der Waals surface area contributed by atoms with Gasteiger partial charge in [-0.1, -0.05) is 54.9 Å². The van der Waals surface area contributed by atoms with E-state index in [0.717, 1.165) is 17.5 Å². The third kappa shape index (κ3) is 4.27. The maximum atomic E-state index is 13.1. The predicted octanol–water partition coefficient (Wildman–Crippen LogP) is 5.06. The van der Waals surface area contributed by atoms with Gasteiger partial charge in [-0.15, -0.1) is 11.3 Å². The van der Waals surface area contributed by atoms with Crippen molar-refractivity contribution in [2.45, 2.75) is 25.3 Å². The van der Waals surface area contributed by atoms with E-state index in [1.54, 1.807) is 22.3 Å². The van der Waals surface area contributed by atoms with Gasteiger partial charge >= 0.3 is 0 Å². The number of carbonyl (C=O) groups is 2. The number of hydrogen-bond acceptors (Lipinski definition) is 3. The van der Waals surface area contributed by atoms with Crippen molar-refractivity contribution >= 4 is 34.8 Å². The van der Waals surface area contributed by atoms with Crippen LogP contribution in [0.15, 0.2) is 66.0 Å². The minimum Gasteiger partial charge on any atom is -0.354 e. The van der Waals surface area contributed by atoms with Crippen LogP contribution in [-0.2, 0) is 11.2 Å². The summed E-state index contributed by atoms with van der Waals surface area (Å²) in [5.74, 6) is -0.153. The van der Waals surface area contributed by atoms with Crippen LogP contribution in [-0.4, -0.2) is 29.8 Å². The summed E-state index contributed by atoms with van der Waals surface area (Å²) in [7, 11) is 0. The monoisotopic (exact) mass is 438 g/mol. The molecule has 1 aliphatic heterocycles. The Morgan fingerprint density at radius 1 is 1.13 bits per heavy atom. The van der Waals surface area contributed by atoms with Gasteiger partial charge in [0.1, 0.15) is 6.04 Å². The first-order valence-electron chi connectivity index (χ1n) is 10.00. The Kier molecular flexibility index (Phi) is 6.21. The molecule has 1 N–H and O–H groups in total. The highest BCUT2D eigenvalue weighted by Gasteiger charge is 2.41. The second kappa shape index (κ2) is 9.02. The number of carbonyl (C=O) groups excluding carboxylic acids is 2. The van der Waals surface area contributed by atoms with Gasteiger partial charge in [0, 0.05) is 28.6 Å². The molecule has 1 aliphatic rings. The second-order valence-electron chi connectivity index (χ2n) is 7.52. The third-order valence-corrected chi connectivity index (χ3v) is 6.66. The van der Waals surface area contributed by atoms with E-state index in [-0.39, 0.29) is 17.7 Å². The molecule has 2 amide bonds. The summed E-state index contributed by atoms with van der Waals surface area (Å²) >= 11 is 7.68. The van der Waals surface area contributed by atoms with Gasteiger partial charge in [-0.05, 0) is 53.1 Å². The molecule has 2 unspecified atom stereocenters. The molecule has 0 radical (unpaired) electrons. The molecule has 0 spiro atoms. The standard InChI is InChI=1S/C24H23ClN2O2S/c1-16(17-8-10-18(25)11-9-17)15-27-22(20-6-2-3-7-21(20)24(27)29)23(28)26-13-12-19-5-4-14-30-19/h2-11,14,16,22H,12-13,15H2,1H3,(H,26,28). The Balaban J connectivity index is 1.52. The van der Waals surface area contributed by atoms with Crippen LogP contribution >= 0.6 is 22.9 Å². The fourth-order valence-corrected chi connectivity index (χ4v) is 4.73. The van der Waals surface area contributed by atoms with Crippen LogP contribution in [0.5, 0.6) is 0 Å². The Bertz CT molecular complexity index is 1030. The van der Waals surface area contributed by atoms with E-state index in [2.05, 4.69) is 18.3 Å². The van der Waals surface area contributed by atoms with Gasteiger partial charge in [-0.3, -0.25) is 9.59 Å². The van der Waals surface area contributed by atoms with Crippen molar-refractivity contribution in [2.75, 3.05) is 13.1 Å². The van der Waals surface area contributed by atoms with E-state index in [1.807, 2.05) is 53.9 Å². The van der Waals surface area contributed by atoms with E-state index in [1.165, 1.54) is 4.88 Å². The highest BCUT2D eigenvalue weighted by atomic mass is 35.5. The SMILES string of the molecule is CC(CN1C(=O)c2ccccc2C1C(=O)NCCc1cccs1)c1ccc(Cl)cc1. The summed E-state index contributed by atoms with van der Waals surface area (Å²) in [6.45, 7) is 3.07. The van der Waals surface area contributed by atoms with Crippen molar-refractivity contribution in [1.29, 1.82) is 0 Å². The van der Waals surface area contributed by atoms with Gasteiger partial charge in [-0.25, -0.2) is 0 Å². The zero-order valence-electron chi connectivity index (χ0n) is 16.7. The Labute approximate surface area is 185 Å². The summed E-state index contributed by atoms with van der Waals surface area (Å²) in [6, 6.07) is 18.5. The number of rotatable bonds is 7. The summed E-state index contributed by atoms with van der Waals surface area (Å²) in [6.07, 6.45) is 0.785. The van der Waals surface area contributed by atoms with Gasteiger partial charge in [0.2, 0.25) is 5.91 Å². The Morgan fingerprint density at radius 3 is 2.63 bits per heavy atom. The van der Waals surface area contributed by atoms with Crippen LogP contribution < -0.4 is 5.32 Å². The molecule has 0 saturated carbocycles. The molecule has 154 valence electrons. The predicted molar refractivity (Wildman–Crippen MR) is 121 cm³/mol. The number of hydrogen-bond donors (Lipinski definition) is 1. The molecule has 2 atom stereocenters. The zero-order chi connectivity index (χ0) is 21.1. The minimum absolute atomic E-state index is 0.0712. The van der Waals surface area contributed by atoms with Gasteiger partial charge in [0.15, 0.2) is 0 Å². The first kappa shape index (κ1) is 20.6. The molecule has 4 nitrogen and oxygen atoms in total. The molecule has 0 bridgehead atoms. The van der Waals surface area contributed by atoms with E-state index in [0.29, 0.717) is 23.7 Å². The van der Waals surface area contributed by atoms with Crippen molar-refractivity contribution in [3.05, 3.63) is 92.6 Å². The summed E-state index contributed by atoms with van der Waals surface area (Å²) in [4.78, 5) is 29.2. The van der Waals surface area contributed by atoms with Gasteiger partial charge in [0.05, 0.1) is 0 Å². The highest BCUT2D eigenvalue weighted by Crippen LogP contribution is 2.35. The van der Waals surface area contributed by atoms with Crippen LogP contribution in [0.1, 0.15) is 45.2 Å². The number of thiophene rings is 1. The Morgan fingerprint density at radius 2 is 1.90 bits per heavy atom. The zero-order valence-corrected chi connectivity index (χ0v) is 18.2. The van der Waals surface area contributed by atoms with Crippen LogP contribution in [0, 0.1) is 0 Å². The lowest BCUT2D eigenvalue weighted by Gasteiger charge is -2.27. The minimum atomic E-state index is -0.605. The smallest absolute Gasteiger partial charge is 0.255 e. The largest absolute Gasteiger partial charge is 0.354 e. The molecule has 1 aromatic heterocycles. The number of benzene rings is 2. The molecular formula is C24H23ClN2O2S. The molecule has 2 aromatic carbocycles. The van der Waals surface area contributed by atoms with Crippen molar-refractivity contribution < 1.29 is 9.59 Å². The molecular weight excluding hydrogens is 416 g/mol. The summed E-state index contributed by atoms with van der Waals surface area (Å²) in [5, 5.41) is 5.74. The fraction of sp³-hybridized carbons (Fsp3) is 0.250. The molecule has 0 saturated heterocycles. The normalized spacial score (nSPS) is 16.4. The van der Waals surface area contributed by atoms with Crippen LogP contribution in [0.2, 0.25) is 5.02 Å². The van der Waals surface area contributed by atoms with Gasteiger partial charge in [-0.2, -0.15) is 0 Å². The topological polar surface area (TPSA) is 49.4 Å². The number of nitrogens with one attached hydrogen (secondary N) is 1. The van der Waals surface area contributed by atoms with Crippen molar-refractivity contribution in [3.63, 3.8) is 0 Å². The summed E-state index contributed by atoms with van der Waals surface area (Å²) in [5.41, 5.74) is 2.47. The maximum absolute atomic E-state index is 13.1. The number of nitrogens with zero attached hydrogens (tertiary/aromatic N) is 1. The van der Waals surface area contributed by atoms with Crippen molar-refractivity contribution in [3.8, 4) is 0 Å². The van der Waals surface area contributed by atoms with Gasteiger partial charge < -0.3 is 10.2 Å². The van der Waals surface area contributed by atoms with Gasteiger partial charge in [0.25, 0.3) is 5.91 Å². The van der Waals surface area contributed by atoms with Crippen LogP contribution in [0.25, 0.3) is 0 Å². The first-order valence-corrected chi connectivity index (χ1v) is 11.3. The first-order chi connectivity index (χ1) is 14.5.